The summed E-state index contributed by atoms with van der Waals surface area (Å²) >= 11 is 0. The summed E-state index contributed by atoms with van der Waals surface area (Å²) in [6.45, 7) is 1.96. The van der Waals surface area contributed by atoms with Crippen LogP contribution in [0, 0.1) is 6.92 Å². The summed E-state index contributed by atoms with van der Waals surface area (Å²) in [7, 11) is 0. The Bertz CT molecular complexity index is 1000. The van der Waals surface area contributed by atoms with Crippen LogP contribution in [-0.2, 0) is 0 Å². The number of rotatable bonds is 2. The topological polar surface area (TPSA) is 72.8 Å². The van der Waals surface area contributed by atoms with E-state index in [0.717, 1.165) is 11.3 Å². The van der Waals surface area contributed by atoms with E-state index in [2.05, 4.69) is 5.32 Å². The molecule has 1 heterocycles. The first-order valence-corrected chi connectivity index (χ1v) is 8.32. The minimum Gasteiger partial charge on any atom is -0.508 e. The average molecular weight is 346 g/mol. The Morgan fingerprint density at radius 1 is 0.962 bits per heavy atom. The third-order valence-corrected chi connectivity index (χ3v) is 4.52. The molecule has 0 unspecified atom stereocenters. The lowest BCUT2D eigenvalue weighted by atomic mass is 10.0. The van der Waals surface area contributed by atoms with E-state index in [1.54, 1.807) is 17.0 Å². The number of fused-ring (bicyclic) bond motifs is 1. The number of carbonyl (C=O) groups excluding carboxylic acids is 1. The lowest BCUT2D eigenvalue weighted by molar-refractivity contribution is 0.0974. The van der Waals surface area contributed by atoms with Crippen molar-refractivity contribution in [3.05, 3.63) is 83.4 Å². The Morgan fingerprint density at radius 3 is 2.54 bits per heavy atom. The summed E-state index contributed by atoms with van der Waals surface area (Å²) in [6, 6.07) is 19.3. The summed E-state index contributed by atoms with van der Waals surface area (Å²) in [5.74, 6) is -0.259. The fourth-order valence-electron chi connectivity index (χ4n) is 3.28. The molecule has 1 aliphatic rings. The first kappa shape index (κ1) is 16.0. The van der Waals surface area contributed by atoms with Gasteiger partial charge in [0.05, 0.1) is 5.56 Å². The predicted molar refractivity (Wildman–Crippen MR) is 101 cm³/mol. The molecule has 0 saturated heterocycles. The summed E-state index contributed by atoms with van der Waals surface area (Å²) in [5, 5.41) is 23.3. The minimum atomic E-state index is -0.597. The van der Waals surface area contributed by atoms with E-state index in [9.17, 15) is 15.0 Å². The van der Waals surface area contributed by atoms with Crippen LogP contribution in [0.3, 0.4) is 0 Å². The number of phenolic OH excluding ortho intramolecular Hbond substituents is 2. The molecule has 0 aliphatic carbocycles. The van der Waals surface area contributed by atoms with Gasteiger partial charge in [0.1, 0.15) is 17.7 Å². The number of hydrogen-bond donors (Lipinski definition) is 3. The molecule has 0 bridgehead atoms. The number of aryl methyl sites for hydroxylation is 1. The van der Waals surface area contributed by atoms with Crippen molar-refractivity contribution in [2.45, 2.75) is 13.1 Å². The van der Waals surface area contributed by atoms with Gasteiger partial charge in [-0.15, -0.1) is 0 Å². The minimum absolute atomic E-state index is 0.0316. The molecule has 4 rings (SSSR count). The first-order valence-electron chi connectivity index (χ1n) is 8.32. The third-order valence-electron chi connectivity index (χ3n) is 4.52. The van der Waals surface area contributed by atoms with E-state index in [-0.39, 0.29) is 17.4 Å². The Hall–Kier alpha value is -3.47. The Kier molecular flexibility index (Phi) is 3.77. The molecule has 0 aromatic heterocycles. The predicted octanol–water partition coefficient (Wildman–Crippen LogP) is 4.18. The SMILES string of the molecule is Cc1cccc(N2C(=O)c3ccccc3N[C@H]2c2ccc(O)cc2O)c1. The maximum atomic E-state index is 13.2. The monoisotopic (exact) mass is 346 g/mol. The standard InChI is InChI=1S/C21H18N2O3/c1-13-5-4-6-14(11-13)23-20(17-10-9-15(24)12-19(17)25)22-18-8-3-2-7-16(18)21(23)26/h2-12,20,22,24-25H,1H3/t20-/m1/s1. The van der Waals surface area contributed by atoms with Gasteiger partial charge < -0.3 is 15.5 Å². The molecule has 5 nitrogen and oxygen atoms in total. The van der Waals surface area contributed by atoms with Gasteiger partial charge in [0, 0.05) is 23.0 Å². The number of carbonyl (C=O) groups is 1. The van der Waals surface area contributed by atoms with Gasteiger partial charge in [-0.3, -0.25) is 9.69 Å². The number of nitrogens with zero attached hydrogens (tertiary/aromatic N) is 1. The summed E-state index contributed by atoms with van der Waals surface area (Å²) in [6.07, 6.45) is -0.597. The van der Waals surface area contributed by atoms with E-state index in [1.165, 1.54) is 12.1 Å². The molecular formula is C21H18N2O3. The molecule has 3 N–H and O–H groups in total. The van der Waals surface area contributed by atoms with Crippen LogP contribution in [0.1, 0.15) is 27.7 Å². The van der Waals surface area contributed by atoms with Crippen molar-refractivity contribution in [3.8, 4) is 11.5 Å². The van der Waals surface area contributed by atoms with Crippen molar-refractivity contribution in [1.82, 2.24) is 0 Å². The molecule has 1 aliphatic heterocycles. The van der Waals surface area contributed by atoms with Crippen LogP contribution >= 0.6 is 0 Å². The molecule has 5 heteroatoms. The maximum absolute atomic E-state index is 13.2. The van der Waals surface area contributed by atoms with Gasteiger partial charge in [0.25, 0.3) is 5.91 Å². The van der Waals surface area contributed by atoms with Gasteiger partial charge in [-0.05, 0) is 48.9 Å². The van der Waals surface area contributed by atoms with E-state index in [4.69, 9.17) is 0 Å². The zero-order valence-electron chi connectivity index (χ0n) is 14.2. The smallest absolute Gasteiger partial charge is 0.262 e. The van der Waals surface area contributed by atoms with Crippen molar-refractivity contribution < 1.29 is 15.0 Å². The highest BCUT2D eigenvalue weighted by Crippen LogP contribution is 2.40. The zero-order chi connectivity index (χ0) is 18.3. The number of phenols is 2. The number of anilines is 2. The summed E-state index contributed by atoms with van der Waals surface area (Å²) in [5.41, 5.74) is 3.55. The molecule has 26 heavy (non-hydrogen) atoms. The van der Waals surface area contributed by atoms with Crippen LogP contribution < -0.4 is 10.2 Å². The van der Waals surface area contributed by atoms with Crippen LogP contribution in [0.25, 0.3) is 0 Å². The Balaban J connectivity index is 1.90. The van der Waals surface area contributed by atoms with E-state index < -0.39 is 6.17 Å². The van der Waals surface area contributed by atoms with Crippen molar-refractivity contribution in [3.63, 3.8) is 0 Å². The summed E-state index contributed by atoms with van der Waals surface area (Å²) < 4.78 is 0. The van der Waals surface area contributed by atoms with Crippen molar-refractivity contribution in [1.29, 1.82) is 0 Å². The lowest BCUT2D eigenvalue weighted by Crippen LogP contribution is -2.43. The van der Waals surface area contributed by atoms with Gasteiger partial charge in [-0.25, -0.2) is 0 Å². The fraction of sp³-hybridized carbons (Fsp3) is 0.0952. The van der Waals surface area contributed by atoms with Gasteiger partial charge in [-0.1, -0.05) is 24.3 Å². The molecule has 1 amide bonds. The van der Waals surface area contributed by atoms with Crippen LogP contribution in [0.4, 0.5) is 11.4 Å². The number of aromatic hydroxyl groups is 2. The van der Waals surface area contributed by atoms with E-state index >= 15 is 0 Å². The number of para-hydroxylation sites is 1. The second-order valence-electron chi connectivity index (χ2n) is 6.35. The maximum Gasteiger partial charge on any atom is 0.262 e. The van der Waals surface area contributed by atoms with E-state index in [1.807, 2.05) is 49.4 Å². The van der Waals surface area contributed by atoms with Gasteiger partial charge >= 0.3 is 0 Å². The van der Waals surface area contributed by atoms with Gasteiger partial charge in [0.15, 0.2) is 0 Å². The quantitative estimate of drug-likeness (QED) is 0.651. The van der Waals surface area contributed by atoms with Gasteiger partial charge in [-0.2, -0.15) is 0 Å². The van der Waals surface area contributed by atoms with Crippen LogP contribution in [0.2, 0.25) is 0 Å². The van der Waals surface area contributed by atoms with E-state index in [0.29, 0.717) is 16.8 Å². The largest absolute Gasteiger partial charge is 0.508 e. The fourth-order valence-corrected chi connectivity index (χ4v) is 3.28. The second-order valence-corrected chi connectivity index (χ2v) is 6.35. The van der Waals surface area contributed by atoms with Crippen molar-refractivity contribution in [2.75, 3.05) is 10.2 Å². The number of nitrogens with one attached hydrogen (secondary N) is 1. The molecule has 130 valence electrons. The lowest BCUT2D eigenvalue weighted by Gasteiger charge is -2.38. The van der Waals surface area contributed by atoms with Crippen molar-refractivity contribution >= 4 is 17.3 Å². The highest BCUT2D eigenvalue weighted by Gasteiger charge is 2.35. The molecule has 0 fully saturated rings. The molecule has 0 radical (unpaired) electrons. The van der Waals surface area contributed by atoms with Crippen LogP contribution in [0.5, 0.6) is 11.5 Å². The zero-order valence-corrected chi connectivity index (χ0v) is 14.2. The first-order chi connectivity index (χ1) is 12.5. The Morgan fingerprint density at radius 2 is 1.77 bits per heavy atom. The van der Waals surface area contributed by atoms with Crippen LogP contribution in [0.15, 0.2) is 66.7 Å². The Labute approximate surface area is 151 Å². The highest BCUT2D eigenvalue weighted by atomic mass is 16.3. The van der Waals surface area contributed by atoms with Crippen LogP contribution in [-0.4, -0.2) is 16.1 Å². The summed E-state index contributed by atoms with van der Waals surface area (Å²) in [4.78, 5) is 14.9. The number of amides is 1. The molecule has 0 saturated carbocycles. The van der Waals surface area contributed by atoms with Crippen molar-refractivity contribution in [2.24, 2.45) is 0 Å². The molecule has 0 spiro atoms. The molecule has 1 atom stereocenters. The second kappa shape index (κ2) is 6.11. The van der Waals surface area contributed by atoms with Gasteiger partial charge in [0.2, 0.25) is 0 Å². The molecule has 3 aromatic rings. The number of benzene rings is 3. The molecule has 3 aromatic carbocycles. The average Bonchev–Trinajstić information content (AvgIpc) is 2.62. The number of hydrogen-bond acceptors (Lipinski definition) is 4. The normalized spacial score (nSPS) is 16.1. The third kappa shape index (κ3) is 2.63. The molecular weight excluding hydrogens is 328 g/mol. The highest BCUT2D eigenvalue weighted by molar-refractivity contribution is 6.12.